The maximum Gasteiger partial charge on any atom is 0.326 e. The Morgan fingerprint density at radius 2 is 1.83 bits per heavy atom. The van der Waals surface area contributed by atoms with Crippen molar-refractivity contribution in [3.8, 4) is 11.5 Å². The summed E-state index contributed by atoms with van der Waals surface area (Å²) in [6.07, 6.45) is 0. The molecule has 0 aromatic heterocycles. The van der Waals surface area contributed by atoms with Crippen LogP contribution in [0.5, 0.6) is 11.5 Å². The van der Waals surface area contributed by atoms with E-state index in [-0.39, 0.29) is 12.1 Å². The van der Waals surface area contributed by atoms with Crippen LogP contribution in [-0.4, -0.2) is 62.9 Å². The summed E-state index contributed by atoms with van der Waals surface area (Å²) in [7, 11) is 3.25. The van der Waals surface area contributed by atoms with Crippen molar-refractivity contribution in [2.24, 2.45) is 0 Å². The number of ether oxygens (including phenoxy) is 3. The number of anilines is 1. The summed E-state index contributed by atoms with van der Waals surface area (Å²) < 4.78 is 16.5. The first kappa shape index (κ1) is 20.3. The monoisotopic (exact) mass is 409 g/mol. The molecule has 30 heavy (non-hydrogen) atoms. The predicted molar refractivity (Wildman–Crippen MR) is 116 cm³/mol. The molecule has 7 heteroatoms. The standard InChI is InChI=1S/C23H27N3O4/c1-16-18-6-4-5-7-19(18)24-23(27)26(16)15-20(25-10-12-30-13-11-25)17-8-9-21(28-2)22(14-17)29-3/h4-9,14,20H,1,10-13,15H2,2-3H3,(H,24,27). The summed E-state index contributed by atoms with van der Waals surface area (Å²) >= 11 is 0. The Kier molecular flexibility index (Phi) is 5.92. The highest BCUT2D eigenvalue weighted by Crippen LogP contribution is 2.36. The number of carbonyl (C=O) groups is 1. The van der Waals surface area contributed by atoms with E-state index in [0.29, 0.717) is 37.0 Å². The molecule has 1 unspecified atom stereocenters. The fraction of sp³-hybridized carbons (Fsp3) is 0.348. The Balaban J connectivity index is 1.67. The minimum atomic E-state index is -0.169. The van der Waals surface area contributed by atoms with Gasteiger partial charge in [0.1, 0.15) is 0 Å². The van der Waals surface area contributed by atoms with Gasteiger partial charge in [0.15, 0.2) is 11.5 Å². The lowest BCUT2D eigenvalue weighted by Crippen LogP contribution is -2.46. The van der Waals surface area contributed by atoms with E-state index in [1.54, 1.807) is 19.1 Å². The minimum Gasteiger partial charge on any atom is -0.493 e. The molecule has 1 fully saturated rings. The third kappa shape index (κ3) is 3.86. The zero-order chi connectivity index (χ0) is 21.1. The molecule has 0 radical (unpaired) electrons. The fourth-order valence-corrected chi connectivity index (χ4v) is 4.04. The van der Waals surface area contributed by atoms with E-state index < -0.39 is 0 Å². The Morgan fingerprint density at radius 3 is 2.57 bits per heavy atom. The van der Waals surface area contributed by atoms with Crippen molar-refractivity contribution in [3.05, 3.63) is 60.2 Å². The first-order valence-electron chi connectivity index (χ1n) is 10.0. The lowest BCUT2D eigenvalue weighted by Gasteiger charge is -2.39. The summed E-state index contributed by atoms with van der Waals surface area (Å²) in [5.41, 5.74) is 3.48. The van der Waals surface area contributed by atoms with Gasteiger partial charge in [0, 0.05) is 30.9 Å². The van der Waals surface area contributed by atoms with E-state index in [1.807, 2.05) is 42.5 Å². The van der Waals surface area contributed by atoms with Crippen LogP contribution in [0.25, 0.3) is 5.70 Å². The number of amides is 2. The van der Waals surface area contributed by atoms with Gasteiger partial charge in [-0.05, 0) is 23.8 Å². The third-order valence-corrected chi connectivity index (χ3v) is 5.68. The summed E-state index contributed by atoms with van der Waals surface area (Å²) in [5.74, 6) is 1.34. The van der Waals surface area contributed by atoms with Gasteiger partial charge in [0.05, 0.1) is 39.2 Å². The van der Waals surface area contributed by atoms with Gasteiger partial charge in [-0.3, -0.25) is 9.80 Å². The van der Waals surface area contributed by atoms with Crippen LogP contribution in [0.15, 0.2) is 49.0 Å². The summed E-state index contributed by atoms with van der Waals surface area (Å²) in [6, 6.07) is 13.4. The highest BCUT2D eigenvalue weighted by Gasteiger charge is 2.32. The first-order chi connectivity index (χ1) is 14.6. The number of benzene rings is 2. The fourth-order valence-electron chi connectivity index (χ4n) is 4.04. The lowest BCUT2D eigenvalue weighted by molar-refractivity contribution is 0.0129. The second kappa shape index (κ2) is 8.77. The second-order valence-corrected chi connectivity index (χ2v) is 7.31. The lowest BCUT2D eigenvalue weighted by atomic mass is 10.0. The molecule has 0 bridgehead atoms. The van der Waals surface area contributed by atoms with Crippen LogP contribution in [0, 0.1) is 0 Å². The van der Waals surface area contributed by atoms with Gasteiger partial charge < -0.3 is 19.5 Å². The molecule has 2 aliphatic rings. The highest BCUT2D eigenvalue weighted by atomic mass is 16.5. The molecule has 2 heterocycles. The van der Waals surface area contributed by atoms with Gasteiger partial charge in [-0.2, -0.15) is 0 Å². The molecule has 2 aliphatic heterocycles. The number of urea groups is 1. The van der Waals surface area contributed by atoms with Gasteiger partial charge in [0.2, 0.25) is 0 Å². The van der Waals surface area contributed by atoms with Crippen LogP contribution in [0.1, 0.15) is 17.2 Å². The molecule has 1 atom stereocenters. The number of nitrogens with zero attached hydrogens (tertiary/aromatic N) is 2. The normalized spacial score (nSPS) is 17.9. The summed E-state index contributed by atoms with van der Waals surface area (Å²) in [4.78, 5) is 17.0. The number of morpholine rings is 1. The second-order valence-electron chi connectivity index (χ2n) is 7.31. The number of nitrogens with one attached hydrogen (secondary N) is 1. The molecule has 1 N–H and O–H groups in total. The summed E-state index contributed by atoms with van der Waals surface area (Å²) in [5, 5.41) is 2.98. The van der Waals surface area contributed by atoms with E-state index >= 15 is 0 Å². The maximum atomic E-state index is 12.9. The molecule has 0 spiro atoms. The van der Waals surface area contributed by atoms with E-state index in [9.17, 15) is 4.79 Å². The first-order valence-corrected chi connectivity index (χ1v) is 10.0. The van der Waals surface area contributed by atoms with E-state index in [2.05, 4.69) is 16.8 Å². The zero-order valence-electron chi connectivity index (χ0n) is 17.4. The molecule has 2 aromatic rings. The Bertz CT molecular complexity index is 940. The maximum absolute atomic E-state index is 12.9. The number of hydrogen-bond acceptors (Lipinski definition) is 5. The predicted octanol–water partition coefficient (Wildman–Crippen LogP) is 3.60. The molecule has 2 aromatic carbocycles. The number of rotatable bonds is 6. The number of methoxy groups -OCH3 is 2. The topological polar surface area (TPSA) is 63.3 Å². The molecule has 7 nitrogen and oxygen atoms in total. The average molecular weight is 409 g/mol. The zero-order valence-corrected chi connectivity index (χ0v) is 17.4. The van der Waals surface area contributed by atoms with Crippen molar-refractivity contribution in [1.29, 1.82) is 0 Å². The van der Waals surface area contributed by atoms with Crippen LogP contribution in [0.3, 0.4) is 0 Å². The smallest absolute Gasteiger partial charge is 0.326 e. The van der Waals surface area contributed by atoms with Crippen LogP contribution in [0.4, 0.5) is 10.5 Å². The number of fused-ring (bicyclic) bond motifs is 1. The van der Waals surface area contributed by atoms with E-state index in [0.717, 1.165) is 29.9 Å². The molecular formula is C23H27N3O4. The quantitative estimate of drug-likeness (QED) is 0.790. The molecular weight excluding hydrogens is 382 g/mol. The van der Waals surface area contributed by atoms with Crippen LogP contribution in [0.2, 0.25) is 0 Å². The van der Waals surface area contributed by atoms with Crippen LogP contribution < -0.4 is 14.8 Å². The molecule has 4 rings (SSSR count). The molecule has 0 saturated carbocycles. The van der Waals surface area contributed by atoms with Crippen molar-refractivity contribution in [2.75, 3.05) is 52.4 Å². The van der Waals surface area contributed by atoms with Crippen molar-refractivity contribution in [1.82, 2.24) is 9.80 Å². The van der Waals surface area contributed by atoms with Gasteiger partial charge in [0.25, 0.3) is 0 Å². The summed E-state index contributed by atoms with van der Waals surface area (Å²) in [6.45, 7) is 7.60. The highest BCUT2D eigenvalue weighted by molar-refractivity contribution is 6.02. The largest absolute Gasteiger partial charge is 0.493 e. The molecule has 2 amide bonds. The van der Waals surface area contributed by atoms with Gasteiger partial charge in [-0.25, -0.2) is 4.79 Å². The molecule has 0 aliphatic carbocycles. The number of para-hydroxylation sites is 1. The van der Waals surface area contributed by atoms with Crippen LogP contribution >= 0.6 is 0 Å². The Hall–Kier alpha value is -3.03. The number of hydrogen-bond donors (Lipinski definition) is 1. The van der Waals surface area contributed by atoms with Gasteiger partial charge in [-0.1, -0.05) is 30.8 Å². The van der Waals surface area contributed by atoms with Crippen molar-refractivity contribution in [3.63, 3.8) is 0 Å². The van der Waals surface area contributed by atoms with Crippen molar-refractivity contribution < 1.29 is 19.0 Å². The van der Waals surface area contributed by atoms with Gasteiger partial charge in [-0.15, -0.1) is 0 Å². The average Bonchev–Trinajstić information content (AvgIpc) is 2.79. The van der Waals surface area contributed by atoms with Gasteiger partial charge >= 0.3 is 6.03 Å². The third-order valence-electron chi connectivity index (χ3n) is 5.68. The number of carbonyl (C=O) groups excluding carboxylic acids is 1. The SMILES string of the molecule is C=C1c2ccccc2NC(=O)N1CC(c1ccc(OC)c(OC)c1)N1CCOCC1. The van der Waals surface area contributed by atoms with Crippen molar-refractivity contribution >= 4 is 17.4 Å². The van der Waals surface area contributed by atoms with E-state index in [1.165, 1.54) is 0 Å². The minimum absolute atomic E-state index is 0.0403. The van der Waals surface area contributed by atoms with Crippen LogP contribution in [-0.2, 0) is 4.74 Å². The molecule has 1 saturated heterocycles. The Labute approximate surface area is 176 Å². The molecule has 158 valence electrons. The van der Waals surface area contributed by atoms with E-state index in [4.69, 9.17) is 14.2 Å². The Morgan fingerprint density at radius 1 is 1.10 bits per heavy atom. The van der Waals surface area contributed by atoms with Crippen molar-refractivity contribution in [2.45, 2.75) is 6.04 Å².